The topological polar surface area (TPSA) is 58.6 Å². The number of allylic oxidation sites excluding steroid dienone is 2. The third kappa shape index (κ3) is 4.17. The van der Waals surface area contributed by atoms with Gasteiger partial charge >= 0.3 is 5.97 Å². The van der Waals surface area contributed by atoms with Crippen LogP contribution in [0.3, 0.4) is 0 Å². The molecular weight excluding hydrogens is 350 g/mol. The van der Waals surface area contributed by atoms with E-state index in [0.717, 1.165) is 32.1 Å². The third-order valence-corrected chi connectivity index (χ3v) is 6.22. The van der Waals surface area contributed by atoms with Gasteiger partial charge in [0.15, 0.2) is 0 Å². The van der Waals surface area contributed by atoms with Gasteiger partial charge in [0.25, 0.3) is 0 Å². The average Bonchev–Trinajstić information content (AvgIpc) is 2.69. The van der Waals surface area contributed by atoms with Crippen molar-refractivity contribution in [1.29, 1.82) is 0 Å². The van der Waals surface area contributed by atoms with E-state index in [1.807, 2.05) is 0 Å². The Kier molecular flexibility index (Phi) is 5.83. The fraction of sp³-hybridized carbons (Fsp3) is 0.667. The van der Waals surface area contributed by atoms with Crippen molar-refractivity contribution in [2.75, 3.05) is 6.61 Å². The van der Waals surface area contributed by atoms with E-state index in [-0.39, 0.29) is 6.04 Å². The fourth-order valence-electron chi connectivity index (χ4n) is 5.46. The van der Waals surface area contributed by atoms with Gasteiger partial charge in [0.05, 0.1) is 23.5 Å². The zero-order valence-corrected chi connectivity index (χ0v) is 16.5. The summed E-state index contributed by atoms with van der Waals surface area (Å²) in [5, 5.41) is 15.1. The Balaban J connectivity index is 1.89. The van der Waals surface area contributed by atoms with Crippen molar-refractivity contribution < 1.29 is 14.6 Å². The summed E-state index contributed by atoms with van der Waals surface area (Å²) in [6.07, 6.45) is 9.41. The predicted molar refractivity (Wildman–Crippen MR) is 104 cm³/mol. The Morgan fingerprint density at radius 1 is 1.31 bits per heavy atom. The molecule has 0 aliphatic heterocycles. The van der Waals surface area contributed by atoms with Gasteiger partial charge < -0.3 is 15.2 Å². The number of aliphatic hydroxyl groups is 1. The second-order valence-electron chi connectivity index (χ2n) is 8.27. The maximum absolute atomic E-state index is 12.3. The largest absolute Gasteiger partial charge is 0.462 e. The van der Waals surface area contributed by atoms with Crippen molar-refractivity contribution in [2.24, 2.45) is 17.8 Å². The van der Waals surface area contributed by atoms with Crippen LogP contribution in [0.25, 0.3) is 0 Å². The van der Waals surface area contributed by atoms with Gasteiger partial charge in [-0.25, -0.2) is 4.79 Å². The predicted octanol–water partition coefficient (Wildman–Crippen LogP) is 4.05. The van der Waals surface area contributed by atoms with Crippen LogP contribution in [0.1, 0.15) is 52.4 Å². The van der Waals surface area contributed by atoms with Crippen molar-refractivity contribution >= 4 is 17.6 Å². The molecule has 4 saturated carbocycles. The molecule has 4 rings (SSSR count). The first-order valence-corrected chi connectivity index (χ1v) is 10.1. The van der Waals surface area contributed by atoms with Gasteiger partial charge in [-0.2, -0.15) is 0 Å². The second kappa shape index (κ2) is 7.77. The van der Waals surface area contributed by atoms with E-state index in [1.165, 1.54) is 12.5 Å². The lowest BCUT2D eigenvalue weighted by molar-refractivity contribution is -0.138. The minimum absolute atomic E-state index is 0.228. The van der Waals surface area contributed by atoms with Gasteiger partial charge in [0.1, 0.15) is 0 Å². The quantitative estimate of drug-likeness (QED) is 0.415. The smallest absolute Gasteiger partial charge is 0.340 e. The summed E-state index contributed by atoms with van der Waals surface area (Å²) >= 11 is 6.13. The second-order valence-corrected chi connectivity index (χ2v) is 8.87. The van der Waals surface area contributed by atoms with E-state index in [2.05, 4.69) is 11.9 Å². The van der Waals surface area contributed by atoms with Crippen LogP contribution in [0.5, 0.6) is 0 Å². The molecule has 144 valence electrons. The highest BCUT2D eigenvalue weighted by Gasteiger charge is 2.50. The lowest BCUT2D eigenvalue weighted by Crippen LogP contribution is -2.45. The molecule has 0 heterocycles. The lowest BCUT2D eigenvalue weighted by Gasteiger charge is -2.45. The van der Waals surface area contributed by atoms with Crippen LogP contribution in [0.2, 0.25) is 0 Å². The summed E-state index contributed by atoms with van der Waals surface area (Å²) in [6, 6.07) is 0.228. The van der Waals surface area contributed by atoms with Crippen LogP contribution in [0.15, 0.2) is 35.0 Å². The van der Waals surface area contributed by atoms with Crippen LogP contribution < -0.4 is 5.32 Å². The van der Waals surface area contributed by atoms with Gasteiger partial charge in [0, 0.05) is 11.1 Å². The first-order chi connectivity index (χ1) is 12.3. The summed E-state index contributed by atoms with van der Waals surface area (Å²) in [5.41, 5.74) is 0.593. The molecule has 0 saturated heterocycles. The normalized spacial score (nSPS) is 37.0. The number of carbonyl (C=O) groups is 1. The molecule has 2 N–H and O–H groups in total. The van der Waals surface area contributed by atoms with Crippen LogP contribution in [0, 0.1) is 17.8 Å². The number of carbonyl (C=O) groups excluding carboxylic acids is 1. The van der Waals surface area contributed by atoms with Crippen molar-refractivity contribution in [3.05, 3.63) is 35.0 Å². The lowest BCUT2D eigenvalue weighted by atomic mass is 9.65. The Bertz CT molecular complexity index is 637. The number of fused-ring (bicyclic) bond motifs is 1. The van der Waals surface area contributed by atoms with Crippen LogP contribution in [-0.4, -0.2) is 29.3 Å². The summed E-state index contributed by atoms with van der Waals surface area (Å²) in [6.45, 7) is 7.68. The molecule has 0 aromatic heterocycles. The van der Waals surface area contributed by atoms with E-state index in [0.29, 0.717) is 40.7 Å². The first-order valence-electron chi connectivity index (χ1n) is 9.70. The molecule has 4 bridgehead atoms. The van der Waals surface area contributed by atoms with Gasteiger partial charge in [-0.3, -0.25) is 0 Å². The first kappa shape index (κ1) is 19.5. The van der Waals surface area contributed by atoms with Crippen LogP contribution >= 0.6 is 11.6 Å². The number of hydrogen-bond donors (Lipinski definition) is 2. The average molecular weight is 380 g/mol. The highest BCUT2D eigenvalue weighted by molar-refractivity contribution is 6.29. The maximum atomic E-state index is 12.3. The molecule has 1 unspecified atom stereocenters. The Labute approximate surface area is 161 Å². The standard InChI is InChI=1S/C21H30ClNO3/c1-4-17(20(24)26-5-2)19(6-13(3)22)23-18-9-15-7-14-8-16(18)12-21(25,10-14)11-15/h4,6,14-16,18,23,25H,1,5,7-12H2,2-3H3/b13-6+,19-17-/t14?,15-,16+,18+,21-/m1/s1. The van der Waals surface area contributed by atoms with E-state index in [9.17, 15) is 9.90 Å². The Morgan fingerprint density at radius 3 is 2.58 bits per heavy atom. The fourth-order valence-corrected chi connectivity index (χ4v) is 5.57. The van der Waals surface area contributed by atoms with Gasteiger partial charge in [-0.05, 0) is 76.2 Å². The zero-order valence-electron chi connectivity index (χ0n) is 15.8. The van der Waals surface area contributed by atoms with Gasteiger partial charge in [-0.1, -0.05) is 24.3 Å². The molecular formula is C21H30ClNO3. The molecule has 4 aliphatic rings. The molecule has 4 aliphatic carbocycles. The van der Waals surface area contributed by atoms with Crippen molar-refractivity contribution in [2.45, 2.75) is 64.0 Å². The molecule has 0 radical (unpaired) electrons. The molecule has 5 atom stereocenters. The SMILES string of the molecule is C=C/C(C(=O)OCC)=C(\C=C(/C)Cl)N[C@H]1C[C@H]2CC3C[C@H]1C[C@@](O)(C3)C2. The summed E-state index contributed by atoms with van der Waals surface area (Å²) in [4.78, 5) is 12.3. The summed E-state index contributed by atoms with van der Waals surface area (Å²) in [5.74, 6) is 1.20. The van der Waals surface area contributed by atoms with Gasteiger partial charge in [0.2, 0.25) is 0 Å². The van der Waals surface area contributed by atoms with E-state index >= 15 is 0 Å². The number of ether oxygens (including phenoxy) is 1. The summed E-state index contributed by atoms with van der Waals surface area (Å²) in [7, 11) is 0. The van der Waals surface area contributed by atoms with Crippen molar-refractivity contribution in [1.82, 2.24) is 5.32 Å². The molecule has 26 heavy (non-hydrogen) atoms. The van der Waals surface area contributed by atoms with Crippen LogP contribution in [-0.2, 0) is 9.53 Å². The Hall–Kier alpha value is -1.26. The van der Waals surface area contributed by atoms with E-state index in [4.69, 9.17) is 16.3 Å². The van der Waals surface area contributed by atoms with Crippen molar-refractivity contribution in [3.63, 3.8) is 0 Å². The van der Waals surface area contributed by atoms with E-state index in [1.54, 1.807) is 19.9 Å². The van der Waals surface area contributed by atoms with Gasteiger partial charge in [-0.15, -0.1) is 0 Å². The zero-order chi connectivity index (χ0) is 18.9. The number of esters is 1. The summed E-state index contributed by atoms with van der Waals surface area (Å²) < 4.78 is 5.18. The molecule has 0 amide bonds. The molecule has 0 aromatic carbocycles. The number of nitrogens with one attached hydrogen (secondary N) is 1. The minimum atomic E-state index is -0.489. The number of rotatable bonds is 6. The van der Waals surface area contributed by atoms with E-state index < -0.39 is 11.6 Å². The monoisotopic (exact) mass is 379 g/mol. The Morgan fingerprint density at radius 2 is 2.00 bits per heavy atom. The maximum Gasteiger partial charge on any atom is 0.340 e. The molecule has 0 aromatic rings. The minimum Gasteiger partial charge on any atom is -0.462 e. The number of halogens is 1. The van der Waals surface area contributed by atoms with Crippen molar-refractivity contribution in [3.8, 4) is 0 Å². The molecule has 0 spiro atoms. The third-order valence-electron chi connectivity index (χ3n) is 6.11. The highest BCUT2D eigenvalue weighted by Crippen LogP contribution is 2.53. The van der Waals surface area contributed by atoms with Crippen LogP contribution in [0.4, 0.5) is 0 Å². The molecule has 5 heteroatoms. The highest BCUT2D eigenvalue weighted by atomic mass is 35.5. The molecule has 4 nitrogen and oxygen atoms in total. The molecule has 4 fully saturated rings. The number of hydrogen-bond acceptors (Lipinski definition) is 4.